The summed E-state index contributed by atoms with van der Waals surface area (Å²) in [6.45, 7) is 2.14. The van der Waals surface area contributed by atoms with Crippen molar-refractivity contribution in [2.75, 3.05) is 7.11 Å². The first kappa shape index (κ1) is 18.7. The number of carboxylic acids is 1. The van der Waals surface area contributed by atoms with Gasteiger partial charge in [-0.05, 0) is 104 Å². The summed E-state index contributed by atoms with van der Waals surface area (Å²) in [5.41, 5.74) is 3.19. The van der Waals surface area contributed by atoms with Gasteiger partial charge in [-0.15, -0.1) is 0 Å². The molecule has 4 aliphatic rings. The zero-order valence-corrected chi connectivity index (χ0v) is 17.3. The molecule has 1 aromatic rings. The van der Waals surface area contributed by atoms with Gasteiger partial charge >= 0.3 is 11.9 Å². The van der Waals surface area contributed by atoms with Crippen molar-refractivity contribution >= 4 is 33.9 Å². The summed E-state index contributed by atoms with van der Waals surface area (Å²) in [6.07, 6.45) is 9.31. The van der Waals surface area contributed by atoms with E-state index < -0.39 is 11.9 Å². The fourth-order valence-corrected chi connectivity index (χ4v) is 6.86. The van der Waals surface area contributed by atoms with Crippen LogP contribution < -0.4 is 0 Å². The lowest BCUT2D eigenvalue weighted by Crippen LogP contribution is -2.48. The Morgan fingerprint density at radius 2 is 1.70 bits per heavy atom. The average Bonchev–Trinajstić information content (AvgIpc) is 2.58. The molecule has 4 fully saturated rings. The number of hydrogen-bond donors (Lipinski definition) is 1. The summed E-state index contributed by atoms with van der Waals surface area (Å²) >= 11 is 3.55. The Labute approximate surface area is 168 Å². The number of esters is 1. The first-order valence-electron chi connectivity index (χ1n) is 9.65. The SMILES string of the molecule is COC(=O)/C(=C/c1cc(C23CC4CC(CC(C4)C2)C3)c(C)cc1Br)C(=O)O. The van der Waals surface area contributed by atoms with Crippen LogP contribution in [0.25, 0.3) is 6.08 Å². The number of halogens is 1. The van der Waals surface area contributed by atoms with Gasteiger partial charge in [-0.25, -0.2) is 9.59 Å². The third-order valence-corrected chi connectivity index (χ3v) is 7.58. The highest BCUT2D eigenvalue weighted by molar-refractivity contribution is 9.10. The van der Waals surface area contributed by atoms with Crippen molar-refractivity contribution in [2.45, 2.75) is 50.9 Å². The molecule has 4 aliphatic carbocycles. The standard InChI is InChI=1S/C22H25BrO4/c1-12-3-19(23)16(7-17(20(24)25)21(26)27-2)8-18(12)22-9-13-4-14(10-22)6-15(5-13)11-22/h3,7-8,13-15H,4-6,9-11H2,1-2H3,(H,24,25)/b17-7+. The maximum atomic E-state index is 11.9. The second-order valence-electron chi connectivity index (χ2n) is 8.74. The predicted molar refractivity (Wildman–Crippen MR) is 106 cm³/mol. The molecule has 1 N–H and O–H groups in total. The van der Waals surface area contributed by atoms with Crippen molar-refractivity contribution in [3.63, 3.8) is 0 Å². The minimum absolute atomic E-state index is 0.219. The molecule has 0 atom stereocenters. The highest BCUT2D eigenvalue weighted by Crippen LogP contribution is 2.61. The van der Waals surface area contributed by atoms with E-state index in [9.17, 15) is 14.7 Å². The molecule has 0 radical (unpaired) electrons. The van der Waals surface area contributed by atoms with Crippen LogP contribution in [0.1, 0.15) is 55.2 Å². The molecular formula is C22H25BrO4. The molecule has 144 valence electrons. The summed E-state index contributed by atoms with van der Waals surface area (Å²) in [7, 11) is 1.20. The number of ether oxygens (including phenoxy) is 1. The van der Waals surface area contributed by atoms with Gasteiger partial charge < -0.3 is 9.84 Å². The van der Waals surface area contributed by atoms with E-state index in [1.165, 1.54) is 62.8 Å². The molecule has 0 aliphatic heterocycles. The second kappa shape index (κ2) is 6.77. The number of aliphatic carboxylic acids is 1. The quantitative estimate of drug-likeness (QED) is 0.319. The third kappa shape index (κ3) is 3.24. The Morgan fingerprint density at radius 3 is 2.19 bits per heavy atom. The van der Waals surface area contributed by atoms with E-state index in [1.807, 2.05) is 0 Å². The molecule has 0 saturated heterocycles. The van der Waals surface area contributed by atoms with E-state index in [-0.39, 0.29) is 11.0 Å². The van der Waals surface area contributed by atoms with E-state index in [4.69, 9.17) is 0 Å². The largest absolute Gasteiger partial charge is 0.477 e. The zero-order chi connectivity index (χ0) is 19.3. The minimum atomic E-state index is -1.27. The normalized spacial score (nSPS) is 31.8. The fourth-order valence-electron chi connectivity index (χ4n) is 6.29. The molecule has 1 aromatic carbocycles. The van der Waals surface area contributed by atoms with Crippen molar-refractivity contribution in [3.05, 3.63) is 38.9 Å². The van der Waals surface area contributed by atoms with Crippen molar-refractivity contribution in [1.29, 1.82) is 0 Å². The molecular weight excluding hydrogens is 408 g/mol. The van der Waals surface area contributed by atoms with Gasteiger partial charge in [-0.1, -0.05) is 15.9 Å². The molecule has 5 rings (SSSR count). The molecule has 0 aromatic heterocycles. The Morgan fingerprint density at radius 1 is 1.15 bits per heavy atom. The van der Waals surface area contributed by atoms with Gasteiger partial charge in [0, 0.05) is 4.47 Å². The summed E-state index contributed by atoms with van der Waals surface area (Å²) in [5.74, 6) is 0.408. The zero-order valence-electron chi connectivity index (χ0n) is 15.8. The molecule has 0 unspecified atom stereocenters. The lowest BCUT2D eigenvalue weighted by molar-refractivity contribution is -0.142. The lowest BCUT2D eigenvalue weighted by Gasteiger charge is -2.57. The van der Waals surface area contributed by atoms with E-state index >= 15 is 0 Å². The molecule has 0 spiro atoms. The molecule has 4 nitrogen and oxygen atoms in total. The van der Waals surface area contributed by atoms with Gasteiger partial charge in [0.15, 0.2) is 0 Å². The van der Waals surface area contributed by atoms with Crippen LogP contribution in [-0.2, 0) is 19.7 Å². The first-order chi connectivity index (χ1) is 12.8. The van der Waals surface area contributed by atoms with Crippen LogP contribution in [0.5, 0.6) is 0 Å². The number of aryl methyl sites for hydroxylation is 1. The number of rotatable bonds is 4. The van der Waals surface area contributed by atoms with Gasteiger partial charge in [0.2, 0.25) is 0 Å². The Bertz CT molecular complexity index is 804. The molecule has 27 heavy (non-hydrogen) atoms. The van der Waals surface area contributed by atoms with Crippen LogP contribution in [0.4, 0.5) is 0 Å². The Kier molecular flexibility index (Phi) is 4.69. The number of carbonyl (C=O) groups excluding carboxylic acids is 1. The first-order valence-corrected chi connectivity index (χ1v) is 10.4. The smallest absolute Gasteiger partial charge is 0.345 e. The monoisotopic (exact) mass is 432 g/mol. The van der Waals surface area contributed by atoms with E-state index in [0.29, 0.717) is 0 Å². The van der Waals surface area contributed by atoms with Gasteiger partial charge in [0.25, 0.3) is 0 Å². The van der Waals surface area contributed by atoms with Crippen molar-refractivity contribution in [1.82, 2.24) is 0 Å². The van der Waals surface area contributed by atoms with Crippen LogP contribution in [0.3, 0.4) is 0 Å². The summed E-state index contributed by atoms with van der Waals surface area (Å²) in [5, 5.41) is 9.40. The minimum Gasteiger partial charge on any atom is -0.477 e. The average molecular weight is 433 g/mol. The van der Waals surface area contributed by atoms with Gasteiger partial charge in [0.1, 0.15) is 5.57 Å². The molecule has 0 heterocycles. The number of hydrogen-bond acceptors (Lipinski definition) is 3. The maximum absolute atomic E-state index is 11.9. The fraction of sp³-hybridized carbons (Fsp3) is 0.545. The van der Waals surface area contributed by atoms with Crippen LogP contribution in [0.2, 0.25) is 0 Å². The molecule has 5 heteroatoms. The third-order valence-electron chi connectivity index (χ3n) is 6.89. The number of carboxylic acid groups (broad SMARTS) is 1. The Hall–Kier alpha value is -1.62. The molecule has 0 amide bonds. The van der Waals surface area contributed by atoms with E-state index in [0.717, 1.165) is 27.8 Å². The van der Waals surface area contributed by atoms with Gasteiger partial charge in [0.05, 0.1) is 7.11 Å². The summed E-state index contributed by atoms with van der Waals surface area (Å²) in [6, 6.07) is 4.18. The summed E-state index contributed by atoms with van der Waals surface area (Å²) < 4.78 is 5.44. The van der Waals surface area contributed by atoms with Gasteiger partial charge in [-0.3, -0.25) is 0 Å². The van der Waals surface area contributed by atoms with Crippen molar-refractivity contribution in [2.24, 2.45) is 17.8 Å². The highest BCUT2D eigenvalue weighted by atomic mass is 79.9. The van der Waals surface area contributed by atoms with Crippen LogP contribution >= 0.6 is 15.9 Å². The van der Waals surface area contributed by atoms with Crippen molar-refractivity contribution < 1.29 is 19.4 Å². The highest BCUT2D eigenvalue weighted by Gasteiger charge is 2.52. The van der Waals surface area contributed by atoms with E-state index in [1.54, 1.807) is 0 Å². The summed E-state index contributed by atoms with van der Waals surface area (Å²) in [4.78, 5) is 23.4. The molecule has 4 saturated carbocycles. The van der Waals surface area contributed by atoms with E-state index in [2.05, 4.69) is 39.7 Å². The maximum Gasteiger partial charge on any atom is 0.345 e. The lowest BCUT2D eigenvalue weighted by atomic mass is 9.47. The van der Waals surface area contributed by atoms with Crippen LogP contribution in [0, 0.1) is 24.7 Å². The molecule has 4 bridgehead atoms. The second-order valence-corrected chi connectivity index (χ2v) is 9.60. The number of benzene rings is 1. The number of carbonyl (C=O) groups is 2. The van der Waals surface area contributed by atoms with Gasteiger partial charge in [-0.2, -0.15) is 0 Å². The van der Waals surface area contributed by atoms with Crippen LogP contribution in [0.15, 0.2) is 22.2 Å². The number of methoxy groups -OCH3 is 1. The Balaban J connectivity index is 1.79. The predicted octanol–water partition coefficient (Wildman–Crippen LogP) is 4.87. The van der Waals surface area contributed by atoms with Crippen LogP contribution in [-0.4, -0.2) is 24.2 Å². The topological polar surface area (TPSA) is 63.6 Å². The van der Waals surface area contributed by atoms with Crippen molar-refractivity contribution in [3.8, 4) is 0 Å².